The van der Waals surface area contributed by atoms with Crippen LogP contribution < -0.4 is 0 Å². The Balaban J connectivity index is 2.34. The molecule has 0 aromatic rings. The summed E-state index contributed by atoms with van der Waals surface area (Å²) in [7, 11) is -3.36. The Morgan fingerprint density at radius 1 is 1.32 bits per heavy atom. The van der Waals surface area contributed by atoms with E-state index in [0.29, 0.717) is 25.9 Å². The zero-order chi connectivity index (χ0) is 14.3. The highest BCUT2D eigenvalue weighted by Crippen LogP contribution is 2.17. The minimum absolute atomic E-state index is 0.00220. The van der Waals surface area contributed by atoms with Gasteiger partial charge in [-0.25, -0.2) is 12.7 Å². The quantitative estimate of drug-likeness (QED) is 0.634. The van der Waals surface area contributed by atoms with Gasteiger partial charge in [-0.1, -0.05) is 0 Å². The van der Waals surface area contributed by atoms with Crippen LogP contribution in [-0.4, -0.2) is 67.1 Å². The second-order valence-electron chi connectivity index (χ2n) is 4.51. The van der Waals surface area contributed by atoms with Crippen molar-refractivity contribution in [3.63, 3.8) is 0 Å². The zero-order valence-corrected chi connectivity index (χ0v) is 11.6. The van der Waals surface area contributed by atoms with Gasteiger partial charge in [-0.05, 0) is 19.3 Å². The van der Waals surface area contributed by atoms with Crippen molar-refractivity contribution < 1.29 is 28.2 Å². The van der Waals surface area contributed by atoms with E-state index in [0.717, 1.165) is 0 Å². The highest BCUT2D eigenvalue weighted by Gasteiger charge is 2.27. The molecule has 1 aliphatic heterocycles. The third-order valence-electron chi connectivity index (χ3n) is 3.03. The third kappa shape index (κ3) is 5.85. The van der Waals surface area contributed by atoms with Crippen LogP contribution in [0.25, 0.3) is 0 Å². The van der Waals surface area contributed by atoms with Gasteiger partial charge in [0.05, 0.1) is 25.1 Å². The fourth-order valence-electron chi connectivity index (χ4n) is 2.03. The smallest absolute Gasteiger partial charge is 0.303 e. The monoisotopic (exact) mass is 295 g/mol. The summed E-state index contributed by atoms with van der Waals surface area (Å²) in [5.41, 5.74) is 0. The topological polar surface area (TPSA) is 104 Å². The fraction of sp³-hybridized carbons (Fsp3) is 0.909. The fourth-order valence-corrected chi connectivity index (χ4v) is 3.57. The molecule has 0 bridgehead atoms. The van der Waals surface area contributed by atoms with Crippen molar-refractivity contribution in [3.05, 3.63) is 0 Å². The molecule has 7 nitrogen and oxygen atoms in total. The molecule has 0 unspecified atom stereocenters. The largest absolute Gasteiger partial charge is 0.481 e. The van der Waals surface area contributed by atoms with E-state index in [1.54, 1.807) is 0 Å². The zero-order valence-electron chi connectivity index (χ0n) is 10.8. The SMILES string of the molecule is O=C(O)CCCS(=O)(=O)N1CCC(OCCO)CC1. The summed E-state index contributed by atoms with van der Waals surface area (Å²) >= 11 is 0. The van der Waals surface area contributed by atoms with Gasteiger partial charge in [0, 0.05) is 19.5 Å². The molecule has 0 spiro atoms. The number of hydrogen-bond donors (Lipinski definition) is 2. The van der Waals surface area contributed by atoms with E-state index >= 15 is 0 Å². The van der Waals surface area contributed by atoms with Crippen molar-refractivity contribution >= 4 is 16.0 Å². The van der Waals surface area contributed by atoms with Gasteiger partial charge in [-0.3, -0.25) is 4.79 Å². The summed E-state index contributed by atoms with van der Waals surface area (Å²) in [5, 5.41) is 17.1. The van der Waals surface area contributed by atoms with Gasteiger partial charge in [0.15, 0.2) is 0 Å². The molecule has 1 fully saturated rings. The highest BCUT2D eigenvalue weighted by atomic mass is 32.2. The molecule has 0 aliphatic carbocycles. The molecular weight excluding hydrogens is 274 g/mol. The summed E-state index contributed by atoms with van der Waals surface area (Å²) in [4.78, 5) is 10.4. The second kappa shape index (κ2) is 7.78. The van der Waals surface area contributed by atoms with Crippen molar-refractivity contribution in [3.8, 4) is 0 Å². The van der Waals surface area contributed by atoms with E-state index in [2.05, 4.69) is 0 Å². The van der Waals surface area contributed by atoms with E-state index < -0.39 is 16.0 Å². The Labute approximate surface area is 113 Å². The molecule has 8 heteroatoms. The molecule has 112 valence electrons. The van der Waals surface area contributed by atoms with Crippen molar-refractivity contribution in [2.24, 2.45) is 0 Å². The molecular formula is C11H21NO6S. The number of aliphatic hydroxyl groups is 1. The van der Waals surface area contributed by atoms with Crippen LogP contribution in [0.2, 0.25) is 0 Å². The molecule has 1 rings (SSSR count). The molecule has 2 N–H and O–H groups in total. The van der Waals surface area contributed by atoms with Gasteiger partial charge >= 0.3 is 5.97 Å². The van der Waals surface area contributed by atoms with Crippen LogP contribution >= 0.6 is 0 Å². The summed E-state index contributed by atoms with van der Waals surface area (Å²) in [6.45, 7) is 1.03. The molecule has 0 aromatic heterocycles. The van der Waals surface area contributed by atoms with Crippen LogP contribution in [-0.2, 0) is 19.6 Å². The van der Waals surface area contributed by atoms with Crippen LogP contribution in [0.15, 0.2) is 0 Å². The summed E-state index contributed by atoms with van der Waals surface area (Å²) in [6.07, 6.45) is 1.22. The molecule has 0 atom stereocenters. The van der Waals surface area contributed by atoms with Crippen molar-refractivity contribution in [1.29, 1.82) is 0 Å². The number of hydrogen-bond acceptors (Lipinski definition) is 5. The maximum atomic E-state index is 11.9. The number of carboxylic acids is 1. The van der Waals surface area contributed by atoms with Gasteiger partial charge in [-0.2, -0.15) is 0 Å². The molecule has 19 heavy (non-hydrogen) atoms. The standard InChI is InChI=1S/C11H21NO6S/c13-7-8-18-10-3-5-12(6-4-10)19(16,17)9-1-2-11(14)15/h10,13H,1-9H2,(H,14,15). The maximum absolute atomic E-state index is 11.9. The first-order valence-corrected chi connectivity index (χ1v) is 7.98. The number of piperidine rings is 1. The van der Waals surface area contributed by atoms with Crippen molar-refractivity contribution in [2.75, 3.05) is 32.1 Å². The molecule has 0 radical (unpaired) electrons. The average molecular weight is 295 g/mol. The highest BCUT2D eigenvalue weighted by molar-refractivity contribution is 7.89. The number of carbonyl (C=O) groups is 1. The lowest BCUT2D eigenvalue weighted by Gasteiger charge is -2.31. The predicted molar refractivity (Wildman–Crippen MR) is 68.3 cm³/mol. The number of sulfonamides is 1. The van der Waals surface area contributed by atoms with Gasteiger partial charge in [0.25, 0.3) is 0 Å². The maximum Gasteiger partial charge on any atom is 0.303 e. The van der Waals surface area contributed by atoms with Gasteiger partial charge in [0.2, 0.25) is 10.0 Å². The Morgan fingerprint density at radius 3 is 2.47 bits per heavy atom. The van der Waals surface area contributed by atoms with Gasteiger partial charge in [-0.15, -0.1) is 0 Å². The van der Waals surface area contributed by atoms with E-state index in [9.17, 15) is 13.2 Å². The molecule has 0 saturated carbocycles. The van der Waals surface area contributed by atoms with E-state index in [4.69, 9.17) is 14.9 Å². The molecule has 1 heterocycles. The number of aliphatic hydroxyl groups excluding tert-OH is 1. The first kappa shape index (κ1) is 16.4. The van der Waals surface area contributed by atoms with E-state index in [-0.39, 0.29) is 37.9 Å². The van der Waals surface area contributed by atoms with Crippen molar-refractivity contribution in [2.45, 2.75) is 31.8 Å². The molecule has 0 amide bonds. The Kier molecular flexibility index (Phi) is 6.70. The van der Waals surface area contributed by atoms with Crippen LogP contribution in [0.5, 0.6) is 0 Å². The number of ether oxygens (including phenoxy) is 1. The van der Waals surface area contributed by atoms with Crippen LogP contribution in [0.3, 0.4) is 0 Å². The summed E-state index contributed by atoms with van der Waals surface area (Å²) in [6, 6.07) is 0. The minimum atomic E-state index is -3.36. The van der Waals surface area contributed by atoms with Crippen LogP contribution in [0.1, 0.15) is 25.7 Å². The number of carboxylic acid groups (broad SMARTS) is 1. The van der Waals surface area contributed by atoms with Gasteiger partial charge in [0.1, 0.15) is 0 Å². The van der Waals surface area contributed by atoms with E-state index in [1.165, 1.54) is 4.31 Å². The summed E-state index contributed by atoms with van der Waals surface area (Å²) < 4.78 is 30.6. The predicted octanol–water partition coefficient (Wildman–Crippen LogP) is -0.346. The summed E-state index contributed by atoms with van der Waals surface area (Å²) in [5.74, 6) is -1.10. The lowest BCUT2D eigenvalue weighted by molar-refractivity contribution is -0.137. The number of nitrogens with zero attached hydrogens (tertiary/aromatic N) is 1. The molecule has 1 saturated heterocycles. The number of rotatable bonds is 8. The number of aliphatic carboxylic acids is 1. The molecule has 1 aliphatic rings. The van der Waals surface area contributed by atoms with Gasteiger partial charge < -0.3 is 14.9 Å². The van der Waals surface area contributed by atoms with Crippen LogP contribution in [0.4, 0.5) is 0 Å². The average Bonchev–Trinajstić information content (AvgIpc) is 2.36. The Hall–Kier alpha value is -0.700. The normalized spacial score (nSPS) is 18.6. The lowest BCUT2D eigenvalue weighted by Crippen LogP contribution is -2.42. The van der Waals surface area contributed by atoms with E-state index in [1.807, 2.05) is 0 Å². The first-order chi connectivity index (χ1) is 8.95. The minimum Gasteiger partial charge on any atom is -0.481 e. The van der Waals surface area contributed by atoms with Crippen molar-refractivity contribution in [1.82, 2.24) is 4.31 Å². The Bertz CT molecular complexity index is 375. The first-order valence-electron chi connectivity index (χ1n) is 6.38. The van der Waals surface area contributed by atoms with Crippen LogP contribution in [0, 0.1) is 0 Å². The third-order valence-corrected chi connectivity index (χ3v) is 4.99. The second-order valence-corrected chi connectivity index (χ2v) is 6.59. The Morgan fingerprint density at radius 2 is 1.95 bits per heavy atom. The lowest BCUT2D eigenvalue weighted by atomic mass is 10.1. The molecule has 0 aromatic carbocycles.